The zero-order valence-electron chi connectivity index (χ0n) is 22.0. The third kappa shape index (κ3) is 5.62. The molecule has 36 heavy (non-hydrogen) atoms. The molecule has 0 spiro atoms. The maximum Gasteiger partial charge on any atom is 0.295 e. The summed E-state index contributed by atoms with van der Waals surface area (Å²) in [4.78, 5) is 32.3. The largest absolute Gasteiger partial charge is 0.507 e. The summed E-state index contributed by atoms with van der Waals surface area (Å²) < 4.78 is 5.64. The summed E-state index contributed by atoms with van der Waals surface area (Å²) in [5.41, 5.74) is 3.17. The summed E-state index contributed by atoms with van der Waals surface area (Å²) in [5.74, 6) is -0.771. The first-order valence-electron chi connectivity index (χ1n) is 12.4. The molecule has 192 valence electrons. The van der Waals surface area contributed by atoms with E-state index in [4.69, 9.17) is 4.74 Å². The fourth-order valence-corrected chi connectivity index (χ4v) is 4.46. The fraction of sp³-hybridized carbons (Fsp3) is 0.379. The highest BCUT2D eigenvalue weighted by Crippen LogP contribution is 2.40. The Morgan fingerprint density at radius 2 is 1.78 bits per heavy atom. The van der Waals surface area contributed by atoms with Crippen LogP contribution < -0.4 is 9.64 Å². The minimum atomic E-state index is -0.672. The molecule has 0 unspecified atom stereocenters. The lowest BCUT2D eigenvalue weighted by molar-refractivity contribution is -0.140. The van der Waals surface area contributed by atoms with Gasteiger partial charge in [-0.05, 0) is 61.5 Å². The highest BCUT2D eigenvalue weighted by Gasteiger charge is 2.46. The van der Waals surface area contributed by atoms with Crippen molar-refractivity contribution in [3.05, 3.63) is 77.4 Å². The molecule has 1 N–H and O–H groups in total. The van der Waals surface area contributed by atoms with Crippen LogP contribution in [-0.4, -0.2) is 73.5 Å². The number of ketones is 1. The lowest BCUT2D eigenvalue weighted by Gasteiger charge is -2.28. The number of hydrogen-bond donors (Lipinski definition) is 1. The van der Waals surface area contributed by atoms with Gasteiger partial charge in [-0.3, -0.25) is 9.59 Å². The van der Waals surface area contributed by atoms with E-state index in [2.05, 4.69) is 25.3 Å². The normalized spacial score (nSPS) is 17.1. The van der Waals surface area contributed by atoms with Gasteiger partial charge in [0, 0.05) is 38.4 Å². The Kier molecular flexibility index (Phi) is 8.93. The molecule has 0 saturated carbocycles. The minimum absolute atomic E-state index is 0.108. The Balaban J connectivity index is 2.08. The van der Waals surface area contributed by atoms with Gasteiger partial charge in [0.15, 0.2) is 0 Å². The summed E-state index contributed by atoms with van der Waals surface area (Å²) in [7, 11) is 3.91. The SMILES string of the molecule is C=CCOc1ccc(C(O)=C2C(=O)C(=O)N(CCN(CC)CC)[C@H]2c2ccc(N(C)C)cc2)cc1C. The third-order valence-electron chi connectivity index (χ3n) is 6.62. The van der Waals surface area contributed by atoms with E-state index in [1.54, 1.807) is 29.2 Å². The van der Waals surface area contributed by atoms with E-state index in [0.29, 0.717) is 31.0 Å². The first-order valence-corrected chi connectivity index (χ1v) is 12.4. The number of carbonyl (C=O) groups excluding carboxylic acids is 2. The summed E-state index contributed by atoms with van der Waals surface area (Å²) >= 11 is 0. The van der Waals surface area contributed by atoms with E-state index in [9.17, 15) is 14.7 Å². The number of ether oxygens (including phenoxy) is 1. The molecule has 1 fully saturated rings. The van der Waals surface area contributed by atoms with Crippen molar-refractivity contribution in [2.24, 2.45) is 0 Å². The Bertz CT molecular complexity index is 1130. The van der Waals surface area contributed by atoms with Crippen LogP contribution in [0, 0.1) is 6.92 Å². The number of amides is 1. The molecule has 2 aromatic carbocycles. The molecule has 1 heterocycles. The van der Waals surface area contributed by atoms with Crippen LogP contribution in [0.25, 0.3) is 5.76 Å². The number of aliphatic hydroxyl groups is 1. The van der Waals surface area contributed by atoms with Gasteiger partial charge >= 0.3 is 0 Å². The Morgan fingerprint density at radius 3 is 2.33 bits per heavy atom. The lowest BCUT2D eigenvalue weighted by atomic mass is 9.94. The molecular weight excluding hydrogens is 454 g/mol. The van der Waals surface area contributed by atoms with Crippen LogP contribution in [0.15, 0.2) is 60.7 Å². The summed E-state index contributed by atoms with van der Waals surface area (Å²) in [6, 6.07) is 12.3. The smallest absolute Gasteiger partial charge is 0.295 e. The van der Waals surface area contributed by atoms with Gasteiger partial charge in [-0.15, -0.1) is 0 Å². The van der Waals surface area contributed by atoms with E-state index < -0.39 is 17.7 Å². The molecule has 1 amide bonds. The Labute approximate surface area is 214 Å². The van der Waals surface area contributed by atoms with Crippen LogP contribution in [0.5, 0.6) is 5.75 Å². The van der Waals surface area contributed by atoms with Gasteiger partial charge in [-0.25, -0.2) is 0 Å². The van der Waals surface area contributed by atoms with Gasteiger partial charge in [0.25, 0.3) is 11.7 Å². The van der Waals surface area contributed by atoms with E-state index in [0.717, 1.165) is 29.9 Å². The second kappa shape index (κ2) is 11.9. The zero-order valence-corrected chi connectivity index (χ0v) is 22.0. The molecule has 1 atom stereocenters. The van der Waals surface area contributed by atoms with Crippen LogP contribution in [-0.2, 0) is 9.59 Å². The third-order valence-corrected chi connectivity index (χ3v) is 6.62. The van der Waals surface area contributed by atoms with E-state index in [1.165, 1.54) is 0 Å². The topological polar surface area (TPSA) is 73.3 Å². The highest BCUT2D eigenvalue weighted by atomic mass is 16.5. The molecule has 1 saturated heterocycles. The Hall–Kier alpha value is -3.58. The zero-order chi connectivity index (χ0) is 26.4. The van der Waals surface area contributed by atoms with Crippen molar-refractivity contribution in [1.82, 2.24) is 9.80 Å². The first kappa shape index (κ1) is 27.0. The van der Waals surface area contributed by atoms with Gasteiger partial charge in [-0.1, -0.05) is 38.6 Å². The van der Waals surface area contributed by atoms with E-state index >= 15 is 0 Å². The molecule has 0 aromatic heterocycles. The number of aliphatic hydroxyl groups excluding tert-OH is 1. The van der Waals surface area contributed by atoms with Crippen LogP contribution >= 0.6 is 0 Å². The van der Waals surface area contributed by atoms with Crippen molar-refractivity contribution in [2.45, 2.75) is 26.8 Å². The average Bonchev–Trinajstić information content (AvgIpc) is 3.13. The minimum Gasteiger partial charge on any atom is -0.507 e. The number of hydrogen-bond acceptors (Lipinski definition) is 6. The maximum absolute atomic E-state index is 13.3. The van der Waals surface area contributed by atoms with Gasteiger partial charge in [-0.2, -0.15) is 0 Å². The van der Waals surface area contributed by atoms with Crippen molar-refractivity contribution < 1.29 is 19.4 Å². The molecular formula is C29H37N3O4. The molecule has 0 bridgehead atoms. The van der Waals surface area contributed by atoms with Gasteiger partial charge < -0.3 is 24.5 Å². The van der Waals surface area contributed by atoms with Crippen LogP contribution in [0.3, 0.4) is 0 Å². The molecule has 1 aliphatic rings. The second-order valence-corrected chi connectivity index (χ2v) is 9.09. The summed E-state index contributed by atoms with van der Waals surface area (Å²) in [6.45, 7) is 12.8. The molecule has 1 aliphatic heterocycles. The number of aryl methyl sites for hydroxylation is 1. The highest BCUT2D eigenvalue weighted by molar-refractivity contribution is 6.46. The quantitative estimate of drug-likeness (QED) is 0.218. The Morgan fingerprint density at radius 1 is 1.11 bits per heavy atom. The number of benzene rings is 2. The van der Waals surface area contributed by atoms with Crippen LogP contribution in [0.1, 0.15) is 36.6 Å². The number of likely N-dealkylation sites (N-methyl/N-ethyl adjacent to an activating group) is 1. The van der Waals surface area contributed by atoms with Crippen molar-refractivity contribution in [2.75, 3.05) is 51.8 Å². The van der Waals surface area contributed by atoms with Crippen molar-refractivity contribution in [3.8, 4) is 5.75 Å². The van der Waals surface area contributed by atoms with Crippen molar-refractivity contribution >= 4 is 23.1 Å². The van der Waals surface area contributed by atoms with Gasteiger partial charge in [0.1, 0.15) is 18.1 Å². The van der Waals surface area contributed by atoms with Crippen LogP contribution in [0.4, 0.5) is 5.69 Å². The number of anilines is 1. The standard InChI is InChI=1S/C29H37N3O4/c1-7-18-36-24-15-12-22(19-20(24)4)27(33)25-26(21-10-13-23(14-11-21)30(5)6)32(29(35)28(25)34)17-16-31(8-2)9-3/h7,10-15,19,26,33H,1,8-9,16-18H2,2-6H3/t26-/m0/s1. The number of carbonyl (C=O) groups is 2. The first-order chi connectivity index (χ1) is 17.2. The summed E-state index contributed by atoms with van der Waals surface area (Å²) in [6.07, 6.45) is 1.66. The monoisotopic (exact) mass is 491 g/mol. The molecule has 3 rings (SSSR count). The maximum atomic E-state index is 13.3. The predicted octanol–water partition coefficient (Wildman–Crippen LogP) is 4.39. The molecule has 0 radical (unpaired) electrons. The van der Waals surface area contributed by atoms with Crippen molar-refractivity contribution in [1.29, 1.82) is 0 Å². The number of rotatable bonds is 11. The number of likely N-dealkylation sites (tertiary alicyclic amines) is 1. The molecule has 0 aliphatic carbocycles. The van der Waals surface area contributed by atoms with Crippen LogP contribution in [0.2, 0.25) is 0 Å². The average molecular weight is 492 g/mol. The van der Waals surface area contributed by atoms with Crippen molar-refractivity contribution in [3.63, 3.8) is 0 Å². The molecule has 7 nitrogen and oxygen atoms in total. The van der Waals surface area contributed by atoms with E-state index in [-0.39, 0.29) is 11.3 Å². The number of nitrogens with zero attached hydrogens (tertiary/aromatic N) is 3. The second-order valence-electron chi connectivity index (χ2n) is 9.09. The predicted molar refractivity (Wildman–Crippen MR) is 144 cm³/mol. The van der Waals surface area contributed by atoms with Gasteiger partial charge in [0.05, 0.1) is 11.6 Å². The summed E-state index contributed by atoms with van der Waals surface area (Å²) in [5, 5.41) is 11.4. The number of Topliss-reactive ketones (excluding diaryl/α,β-unsaturated/α-hetero) is 1. The molecule has 7 heteroatoms. The van der Waals surface area contributed by atoms with Gasteiger partial charge in [0.2, 0.25) is 0 Å². The van der Waals surface area contributed by atoms with E-state index in [1.807, 2.05) is 50.2 Å². The fourth-order valence-electron chi connectivity index (χ4n) is 4.46. The lowest BCUT2D eigenvalue weighted by Crippen LogP contribution is -2.38. The molecule has 2 aromatic rings.